The average Bonchev–Trinajstić information content (AvgIpc) is 1.58. The zero-order chi connectivity index (χ0) is 77.3. The molecular weight excluding hydrogens is 1520 g/mol. The summed E-state index contributed by atoms with van der Waals surface area (Å²) in [7, 11) is 0. The monoisotopic (exact) mass is 1610 g/mol. The van der Waals surface area contributed by atoms with Crippen molar-refractivity contribution in [3.05, 3.63) is 137 Å². The van der Waals surface area contributed by atoms with Crippen LogP contribution in [-0.4, -0.2) is 205 Å². The molecule has 1 aliphatic carbocycles. The van der Waals surface area contributed by atoms with Gasteiger partial charge in [-0.3, -0.25) is 14.4 Å². The van der Waals surface area contributed by atoms with Crippen LogP contribution in [0.25, 0.3) is 33.5 Å². The summed E-state index contributed by atoms with van der Waals surface area (Å²) in [6.07, 6.45) is 16.2. The number of halogens is 6. The van der Waals surface area contributed by atoms with E-state index in [4.69, 9.17) is 115 Å². The van der Waals surface area contributed by atoms with Gasteiger partial charge in [-0.25, -0.2) is 43.9 Å². The lowest BCUT2D eigenvalue weighted by Crippen LogP contribution is -2.56. The van der Waals surface area contributed by atoms with E-state index < -0.39 is 17.9 Å². The van der Waals surface area contributed by atoms with Gasteiger partial charge in [-0.15, -0.1) is 0 Å². The van der Waals surface area contributed by atoms with Crippen molar-refractivity contribution in [3.8, 4) is 6.07 Å². The van der Waals surface area contributed by atoms with E-state index in [1.165, 1.54) is 32.1 Å². The van der Waals surface area contributed by atoms with E-state index in [2.05, 4.69) is 59.4 Å². The average molecular weight is 1620 g/mol. The number of fused-ring (bicyclic) bond motifs is 3. The van der Waals surface area contributed by atoms with Crippen molar-refractivity contribution in [2.75, 3.05) is 106 Å². The fourth-order valence-corrected chi connectivity index (χ4v) is 19.0. The molecule has 6 atom stereocenters. The highest BCUT2D eigenvalue weighted by Gasteiger charge is 2.44. The minimum absolute atomic E-state index is 0.116. The highest BCUT2D eigenvalue weighted by Crippen LogP contribution is 2.42. The van der Waals surface area contributed by atoms with E-state index in [1.807, 2.05) is 72.9 Å². The fourth-order valence-electron chi connectivity index (χ4n) is 17.3. The van der Waals surface area contributed by atoms with Gasteiger partial charge in [0.2, 0.25) is 0 Å². The molecule has 3 aromatic carbocycles. The molecule has 7 aliphatic rings. The number of hydrogen-bond donors (Lipinski definition) is 3. The summed E-state index contributed by atoms with van der Waals surface area (Å²) in [6, 6.07) is 18.5. The van der Waals surface area contributed by atoms with Crippen molar-refractivity contribution in [3.63, 3.8) is 0 Å². The second-order valence-corrected chi connectivity index (χ2v) is 33.7. The van der Waals surface area contributed by atoms with E-state index in [9.17, 15) is 24.8 Å². The largest absolute Gasteiger partial charge is 0.481 e. The first-order valence-electron chi connectivity index (χ1n) is 38.5. The van der Waals surface area contributed by atoms with Crippen LogP contribution in [0, 0.1) is 66.6 Å². The van der Waals surface area contributed by atoms with Gasteiger partial charge >= 0.3 is 17.9 Å². The molecule has 3 N–H and O–H groups in total. The third-order valence-corrected chi connectivity index (χ3v) is 25.6. The van der Waals surface area contributed by atoms with E-state index in [0.717, 1.165) is 185 Å². The zero-order valence-electron chi connectivity index (χ0n) is 62.5. The number of aryl methyl sites for hydroxylation is 2. The number of piperidine rings is 3. The van der Waals surface area contributed by atoms with Crippen LogP contribution in [0.4, 0.5) is 17.5 Å². The Labute approximate surface area is 669 Å². The van der Waals surface area contributed by atoms with Gasteiger partial charge in [0.25, 0.3) is 0 Å². The molecule has 31 heteroatoms. The number of rotatable bonds is 22. The number of hydrogen-bond acceptors (Lipinski definition) is 19. The standard InChI is InChI=1S/C27H32Cl2N6O2.C26H29Cl2N7O2.C26H32Cl2N6O2/c1-15-25-26(35(32-15)16(2)22-6-5-20(28)10-23(22)29)31-24(11-30-25)34-13-19(14-34)17-4-3-7-33(12-17)21-8-18(9-21)27(36)37;1-16(20-7-6-19(27)10-21(20)28)35-26-25(22(11-29)32-35)30-12-23(31-26)34-14-18(15-34)17-4-2-8-33(13-17)9-3-5-24(36)37;1-16-25-26(34(31-16)17(2)21-8-7-20(27)11-22(21)28)30-23(12-29-25)33-14-19(15-33)18-5-3-9-32(13-18)10-4-6-24(35)36/h5-6,10-11,16-19,21H,3-4,7-9,12-14H2,1-2H3,(H,36,37);6-7,10,12,16-18H,2-5,8-9,13-15H2,1H3,(H,36,37);7-8,11-12,17-19H,3-6,9-10,13-15H2,1-2H3,(H,35,36). The summed E-state index contributed by atoms with van der Waals surface area (Å²) in [6.45, 7) is 23.8. The maximum atomic E-state index is 11.2. The van der Waals surface area contributed by atoms with Crippen LogP contribution in [0.5, 0.6) is 0 Å². The molecule has 582 valence electrons. The van der Waals surface area contributed by atoms with Crippen molar-refractivity contribution in [2.24, 2.45) is 41.4 Å². The van der Waals surface area contributed by atoms with Crippen molar-refractivity contribution >= 4 is 138 Å². The first-order chi connectivity index (χ1) is 52.9. The molecule has 9 aromatic rings. The molecule has 6 unspecified atom stereocenters. The van der Waals surface area contributed by atoms with Crippen molar-refractivity contribution in [1.29, 1.82) is 5.26 Å². The third kappa shape index (κ3) is 17.4. The van der Waals surface area contributed by atoms with Gasteiger partial charge in [-0.05, 0) is 220 Å². The number of carbonyl (C=O) groups is 3. The second kappa shape index (κ2) is 34.3. The second-order valence-electron chi connectivity index (χ2n) is 31.1. The highest BCUT2D eigenvalue weighted by atomic mass is 35.5. The zero-order valence-corrected chi connectivity index (χ0v) is 67.0. The number of nitrogens with zero attached hydrogens (tertiary/aromatic N) is 19. The Bertz CT molecular complexity index is 4900. The summed E-state index contributed by atoms with van der Waals surface area (Å²) in [4.78, 5) is 76.0. The van der Waals surface area contributed by atoms with Crippen LogP contribution < -0.4 is 14.7 Å². The number of aliphatic carboxylic acids is 3. The van der Waals surface area contributed by atoms with E-state index >= 15 is 0 Å². The minimum Gasteiger partial charge on any atom is -0.481 e. The Morgan fingerprint density at radius 2 is 0.855 bits per heavy atom. The van der Waals surface area contributed by atoms with Gasteiger partial charge in [-0.2, -0.15) is 20.6 Å². The van der Waals surface area contributed by atoms with Gasteiger partial charge < -0.3 is 44.7 Å². The number of aromatic nitrogens is 12. The maximum Gasteiger partial charge on any atom is 0.306 e. The predicted octanol–water partition coefficient (Wildman–Crippen LogP) is 14.8. The van der Waals surface area contributed by atoms with Gasteiger partial charge in [0.1, 0.15) is 40.1 Å². The fraction of sp³-hybridized carbons (Fsp3) is 0.532. The molecule has 12 heterocycles. The molecule has 6 saturated heterocycles. The van der Waals surface area contributed by atoms with Gasteiger partial charge in [0.05, 0.1) is 54.0 Å². The van der Waals surface area contributed by atoms with Gasteiger partial charge in [0.15, 0.2) is 22.6 Å². The topological polar surface area (TPSA) is 286 Å². The lowest BCUT2D eigenvalue weighted by molar-refractivity contribution is -0.147. The summed E-state index contributed by atoms with van der Waals surface area (Å²) in [5.74, 6) is 4.07. The summed E-state index contributed by atoms with van der Waals surface area (Å²) < 4.78 is 5.53. The highest BCUT2D eigenvalue weighted by molar-refractivity contribution is 6.36. The van der Waals surface area contributed by atoms with Crippen LogP contribution in [0.2, 0.25) is 30.1 Å². The van der Waals surface area contributed by atoms with E-state index in [-0.39, 0.29) is 42.6 Å². The third-order valence-electron chi connectivity index (χ3n) is 23.9. The van der Waals surface area contributed by atoms with E-state index in [1.54, 1.807) is 35.1 Å². The van der Waals surface area contributed by atoms with Crippen molar-refractivity contribution < 1.29 is 29.7 Å². The molecule has 7 fully saturated rings. The summed E-state index contributed by atoms with van der Waals surface area (Å²) in [5, 5.41) is 54.2. The Morgan fingerprint density at radius 3 is 1.23 bits per heavy atom. The number of likely N-dealkylation sites (tertiary alicyclic amines) is 3. The van der Waals surface area contributed by atoms with Gasteiger partial charge in [-0.1, -0.05) is 87.8 Å². The molecule has 6 aromatic heterocycles. The number of benzene rings is 3. The Hall–Kier alpha value is -7.77. The Kier molecular flexibility index (Phi) is 24.6. The first kappa shape index (κ1) is 78.9. The molecule has 110 heavy (non-hydrogen) atoms. The molecule has 1 saturated carbocycles. The smallest absolute Gasteiger partial charge is 0.306 e. The number of carboxylic acids is 3. The van der Waals surface area contributed by atoms with Crippen molar-refractivity contribution in [2.45, 2.75) is 136 Å². The molecule has 0 bridgehead atoms. The molecule has 0 amide bonds. The number of anilines is 3. The summed E-state index contributed by atoms with van der Waals surface area (Å²) in [5.41, 5.74) is 8.79. The lowest BCUT2D eigenvalue weighted by Gasteiger charge is -2.50. The Balaban J connectivity index is 0.000000138. The predicted molar refractivity (Wildman–Crippen MR) is 429 cm³/mol. The minimum atomic E-state index is -0.727. The SMILES string of the molecule is CC(c1ccc(Cl)cc1Cl)n1nc(C#N)c2ncc(N3CC(C4CCCN(CCCC(=O)O)C4)C3)nc21.Cc1nn(C(C)c2ccc(Cl)cc2Cl)c2nc(N3CC(C4CCCN(C5CC(C(=O)O)C5)C4)C3)cnc12.Cc1nn(C(C)c2ccc(Cl)cc2Cl)c2nc(N3CC(C4CCCN(CCCC(=O)O)C4)C3)cnc12. The number of carboxylic acid groups (broad SMARTS) is 3. The normalized spacial score (nSPS) is 21.7. The molecule has 0 spiro atoms. The van der Waals surface area contributed by atoms with Gasteiger partial charge in [0, 0.05) is 108 Å². The maximum absolute atomic E-state index is 11.2. The quantitative estimate of drug-likeness (QED) is 0.0568. The van der Waals surface area contributed by atoms with Crippen LogP contribution in [0.15, 0.2) is 73.2 Å². The Morgan fingerprint density at radius 1 is 0.491 bits per heavy atom. The molecule has 0 radical (unpaired) electrons. The van der Waals surface area contributed by atoms with Crippen molar-refractivity contribution in [1.82, 2.24) is 73.9 Å². The summed E-state index contributed by atoms with van der Waals surface area (Å²) >= 11 is 37.7. The van der Waals surface area contributed by atoms with Crippen LogP contribution >= 0.6 is 69.6 Å². The molecule has 25 nitrogen and oxygen atoms in total. The number of nitriles is 1. The van der Waals surface area contributed by atoms with Crippen LogP contribution in [0.1, 0.15) is 150 Å². The van der Waals surface area contributed by atoms with Crippen LogP contribution in [-0.2, 0) is 14.4 Å². The van der Waals surface area contributed by atoms with E-state index in [0.29, 0.717) is 89.3 Å². The molecule has 6 aliphatic heterocycles. The lowest BCUT2D eigenvalue weighted by atomic mass is 9.76. The van der Waals surface area contributed by atoms with Crippen LogP contribution in [0.3, 0.4) is 0 Å². The first-order valence-corrected chi connectivity index (χ1v) is 40.7. The molecular formula is C79H93Cl6N19O6. The molecule has 16 rings (SSSR count).